The molecule has 1 unspecified atom stereocenters. The van der Waals surface area contributed by atoms with Crippen LogP contribution < -0.4 is 10.6 Å². The lowest BCUT2D eigenvalue weighted by atomic mass is 10.2. The van der Waals surface area contributed by atoms with Gasteiger partial charge in [-0.15, -0.1) is 10.2 Å². The molecular weight excluding hydrogens is 537 g/mol. The third-order valence-corrected chi connectivity index (χ3v) is 6.16. The minimum Gasteiger partial charge on any atom is -0.342 e. The molecule has 0 saturated heterocycles. The van der Waals surface area contributed by atoms with Crippen molar-refractivity contribution in [2.45, 2.75) is 18.1 Å². The summed E-state index contributed by atoms with van der Waals surface area (Å²) in [7, 11) is 1.81. The molecule has 1 aromatic heterocycles. The van der Waals surface area contributed by atoms with E-state index >= 15 is 0 Å². The summed E-state index contributed by atoms with van der Waals surface area (Å²) in [6.45, 7) is 1.83. The predicted octanol–water partition coefficient (Wildman–Crippen LogP) is 4.29. The molecule has 3 aromatic rings. The Hall–Kier alpha value is -2.11. The Balaban J connectivity index is 1.56. The van der Waals surface area contributed by atoms with Gasteiger partial charge >= 0.3 is 0 Å². The molecule has 0 aliphatic rings. The Morgan fingerprint density at radius 2 is 1.80 bits per heavy atom. The van der Waals surface area contributed by atoms with Crippen LogP contribution in [0.3, 0.4) is 0 Å². The maximum absolute atomic E-state index is 12.4. The van der Waals surface area contributed by atoms with Crippen molar-refractivity contribution in [3.05, 3.63) is 68.5 Å². The highest BCUT2D eigenvalue weighted by Gasteiger charge is 2.19. The van der Waals surface area contributed by atoms with Crippen molar-refractivity contribution in [1.82, 2.24) is 20.1 Å². The van der Waals surface area contributed by atoms with Crippen LogP contribution in [0, 0.1) is 3.57 Å². The molecule has 1 heterocycles. The molecule has 0 aliphatic carbocycles. The molecule has 0 aliphatic heterocycles. The van der Waals surface area contributed by atoms with E-state index in [1.54, 1.807) is 35.9 Å². The van der Waals surface area contributed by atoms with Crippen molar-refractivity contribution in [2.24, 2.45) is 7.05 Å². The first-order valence-corrected chi connectivity index (χ1v) is 11.4. The molecule has 156 valence electrons. The van der Waals surface area contributed by atoms with E-state index in [9.17, 15) is 9.59 Å². The lowest BCUT2D eigenvalue weighted by Gasteiger charge is -2.13. The zero-order chi connectivity index (χ0) is 21.7. The summed E-state index contributed by atoms with van der Waals surface area (Å²) in [4.78, 5) is 24.6. The highest BCUT2D eigenvalue weighted by molar-refractivity contribution is 14.1. The van der Waals surface area contributed by atoms with Crippen LogP contribution in [0.25, 0.3) is 0 Å². The molecule has 2 N–H and O–H groups in total. The first-order chi connectivity index (χ1) is 14.3. The van der Waals surface area contributed by atoms with Crippen LogP contribution in [0.1, 0.15) is 29.1 Å². The zero-order valence-electron chi connectivity index (χ0n) is 16.2. The van der Waals surface area contributed by atoms with Gasteiger partial charge in [0.05, 0.1) is 11.8 Å². The van der Waals surface area contributed by atoms with Crippen molar-refractivity contribution < 1.29 is 9.59 Å². The van der Waals surface area contributed by atoms with E-state index in [4.69, 9.17) is 11.6 Å². The van der Waals surface area contributed by atoms with Crippen molar-refractivity contribution in [1.29, 1.82) is 0 Å². The van der Waals surface area contributed by atoms with Crippen LogP contribution in [0.5, 0.6) is 0 Å². The summed E-state index contributed by atoms with van der Waals surface area (Å²) in [6.07, 6.45) is 0. The van der Waals surface area contributed by atoms with Gasteiger partial charge in [0.2, 0.25) is 5.91 Å². The highest BCUT2D eigenvalue weighted by atomic mass is 127. The van der Waals surface area contributed by atoms with Gasteiger partial charge in [0.1, 0.15) is 0 Å². The van der Waals surface area contributed by atoms with Gasteiger partial charge in [-0.25, -0.2) is 0 Å². The smallest absolute Gasteiger partial charge is 0.251 e. The van der Waals surface area contributed by atoms with Gasteiger partial charge < -0.3 is 15.2 Å². The third kappa shape index (κ3) is 5.96. The van der Waals surface area contributed by atoms with Gasteiger partial charge in [0, 0.05) is 26.9 Å². The molecule has 2 amide bonds. The van der Waals surface area contributed by atoms with Gasteiger partial charge in [-0.2, -0.15) is 0 Å². The SMILES string of the molecule is CC(NC(=O)c1ccc(Cl)cc1)c1nnc(SCC(=O)Nc2ccc(I)cc2)n1C. The second kappa shape index (κ2) is 10.3. The number of rotatable bonds is 7. The van der Waals surface area contributed by atoms with Crippen LogP contribution in [-0.4, -0.2) is 32.3 Å². The van der Waals surface area contributed by atoms with Crippen LogP contribution in [0.15, 0.2) is 53.7 Å². The van der Waals surface area contributed by atoms with Crippen molar-refractivity contribution in [3.63, 3.8) is 0 Å². The van der Waals surface area contributed by atoms with E-state index in [1.165, 1.54) is 11.8 Å². The number of nitrogens with zero attached hydrogens (tertiary/aromatic N) is 3. The number of amides is 2. The van der Waals surface area contributed by atoms with Gasteiger partial charge in [-0.1, -0.05) is 23.4 Å². The number of hydrogen-bond donors (Lipinski definition) is 2. The summed E-state index contributed by atoms with van der Waals surface area (Å²) < 4.78 is 2.87. The monoisotopic (exact) mass is 555 g/mol. The number of halogens is 2. The average Bonchev–Trinajstić information content (AvgIpc) is 3.09. The van der Waals surface area contributed by atoms with Gasteiger partial charge in [0.15, 0.2) is 11.0 Å². The summed E-state index contributed by atoms with van der Waals surface area (Å²) >= 11 is 9.35. The van der Waals surface area contributed by atoms with E-state index in [1.807, 2.05) is 31.2 Å². The van der Waals surface area contributed by atoms with Crippen molar-refractivity contribution in [3.8, 4) is 0 Å². The Morgan fingerprint density at radius 3 is 2.47 bits per heavy atom. The second-order valence-electron chi connectivity index (χ2n) is 6.45. The molecular formula is C20H19ClIN5O2S. The Labute approximate surface area is 197 Å². The van der Waals surface area contributed by atoms with Gasteiger partial charge in [0.25, 0.3) is 5.91 Å². The second-order valence-corrected chi connectivity index (χ2v) is 9.07. The molecule has 30 heavy (non-hydrogen) atoms. The fraction of sp³-hybridized carbons (Fsp3) is 0.200. The molecule has 0 fully saturated rings. The summed E-state index contributed by atoms with van der Waals surface area (Å²) in [5.41, 5.74) is 1.26. The number of anilines is 1. The molecule has 0 saturated carbocycles. The van der Waals surface area contributed by atoms with Crippen LogP contribution in [-0.2, 0) is 11.8 Å². The first-order valence-electron chi connectivity index (χ1n) is 8.97. The van der Waals surface area contributed by atoms with E-state index in [0.717, 1.165) is 9.26 Å². The molecule has 3 rings (SSSR count). The third-order valence-electron chi connectivity index (χ3n) is 4.17. The van der Waals surface area contributed by atoms with Crippen LogP contribution in [0.4, 0.5) is 5.69 Å². The molecule has 2 aromatic carbocycles. The summed E-state index contributed by atoms with van der Waals surface area (Å²) in [5.74, 6) is 0.435. The zero-order valence-corrected chi connectivity index (χ0v) is 20.0. The Morgan fingerprint density at radius 1 is 1.13 bits per heavy atom. The topological polar surface area (TPSA) is 88.9 Å². The highest BCUT2D eigenvalue weighted by Crippen LogP contribution is 2.20. The normalized spacial score (nSPS) is 11.7. The van der Waals surface area contributed by atoms with Crippen molar-refractivity contribution in [2.75, 3.05) is 11.1 Å². The summed E-state index contributed by atoms with van der Waals surface area (Å²) in [5, 5.41) is 15.2. The molecule has 0 bridgehead atoms. The maximum atomic E-state index is 12.4. The molecule has 10 heteroatoms. The number of nitrogens with one attached hydrogen (secondary N) is 2. The largest absolute Gasteiger partial charge is 0.342 e. The standard InChI is InChI=1S/C20H19ClIN5O2S/c1-12(23-19(29)13-3-5-14(21)6-4-13)18-25-26-20(27(18)2)30-11-17(28)24-16-9-7-15(22)8-10-16/h3-10,12H,11H2,1-2H3,(H,23,29)(H,24,28). The van der Waals surface area contributed by atoms with Crippen LogP contribution >= 0.6 is 46.0 Å². The van der Waals surface area contributed by atoms with E-state index in [2.05, 4.69) is 43.4 Å². The number of benzene rings is 2. The minimum absolute atomic E-state index is 0.130. The number of carbonyl (C=O) groups excluding carboxylic acids is 2. The maximum Gasteiger partial charge on any atom is 0.251 e. The molecule has 0 spiro atoms. The van der Waals surface area contributed by atoms with E-state index < -0.39 is 0 Å². The molecule has 7 nitrogen and oxygen atoms in total. The number of aromatic nitrogens is 3. The average molecular weight is 556 g/mol. The fourth-order valence-corrected chi connectivity index (χ4v) is 3.84. The van der Waals surface area contributed by atoms with Crippen LogP contribution in [0.2, 0.25) is 5.02 Å². The van der Waals surface area contributed by atoms with Gasteiger partial charge in [-0.3, -0.25) is 9.59 Å². The quantitative estimate of drug-likeness (QED) is 0.335. The number of thioether (sulfide) groups is 1. The van der Waals surface area contributed by atoms with Crippen molar-refractivity contribution >= 4 is 63.5 Å². The molecule has 0 radical (unpaired) electrons. The summed E-state index contributed by atoms with van der Waals surface area (Å²) in [6, 6.07) is 13.9. The number of hydrogen-bond acceptors (Lipinski definition) is 5. The predicted molar refractivity (Wildman–Crippen MR) is 127 cm³/mol. The fourth-order valence-electron chi connectivity index (χ4n) is 2.64. The lowest BCUT2D eigenvalue weighted by molar-refractivity contribution is -0.113. The van der Waals surface area contributed by atoms with Gasteiger partial charge in [-0.05, 0) is 78.0 Å². The Kier molecular flexibility index (Phi) is 7.73. The molecule has 1 atom stereocenters. The number of carbonyl (C=O) groups is 2. The van der Waals surface area contributed by atoms with E-state index in [0.29, 0.717) is 21.6 Å². The Bertz CT molecular complexity index is 1040. The minimum atomic E-state index is -0.361. The lowest BCUT2D eigenvalue weighted by Crippen LogP contribution is -2.28. The first kappa shape index (κ1) is 22.6. The van der Waals surface area contributed by atoms with E-state index in [-0.39, 0.29) is 23.6 Å².